The highest BCUT2D eigenvalue weighted by Gasteiger charge is 2.28. The van der Waals surface area contributed by atoms with Crippen LogP contribution in [0, 0.1) is 6.92 Å². The summed E-state index contributed by atoms with van der Waals surface area (Å²) in [5.41, 5.74) is 2.72. The second-order valence-electron chi connectivity index (χ2n) is 9.43. The summed E-state index contributed by atoms with van der Waals surface area (Å²) in [6, 6.07) is 22.3. The van der Waals surface area contributed by atoms with Gasteiger partial charge in [-0.05, 0) is 61.6 Å². The third-order valence-corrected chi connectivity index (χ3v) is 10.3. The van der Waals surface area contributed by atoms with Gasteiger partial charge in [-0.2, -0.15) is 8.61 Å². The van der Waals surface area contributed by atoms with Gasteiger partial charge in [-0.3, -0.25) is 4.79 Å². The quantitative estimate of drug-likeness (QED) is 0.391. The van der Waals surface area contributed by atoms with Crippen LogP contribution in [0.1, 0.15) is 29.5 Å². The number of nitrogens with zero attached hydrogens (tertiary/aromatic N) is 2. The van der Waals surface area contributed by atoms with E-state index in [1.165, 1.54) is 20.7 Å². The molecule has 1 aliphatic heterocycles. The Morgan fingerprint density at radius 1 is 0.816 bits per heavy atom. The molecule has 38 heavy (non-hydrogen) atoms. The zero-order valence-electron chi connectivity index (χ0n) is 21.4. The van der Waals surface area contributed by atoms with Gasteiger partial charge in [0.1, 0.15) is 0 Å². The van der Waals surface area contributed by atoms with E-state index in [0.29, 0.717) is 26.1 Å². The van der Waals surface area contributed by atoms with Gasteiger partial charge in [-0.15, -0.1) is 0 Å². The first-order valence-electron chi connectivity index (χ1n) is 12.6. The van der Waals surface area contributed by atoms with E-state index in [9.17, 15) is 21.6 Å². The molecule has 4 rings (SSSR count). The Labute approximate surface area is 225 Å². The molecule has 0 bridgehead atoms. The molecular formula is C28H33N3O5S2. The topological polar surface area (TPSA) is 104 Å². The number of amides is 1. The normalized spacial score (nSPS) is 14.6. The van der Waals surface area contributed by atoms with Crippen molar-refractivity contribution in [1.29, 1.82) is 0 Å². The number of rotatable bonds is 11. The summed E-state index contributed by atoms with van der Waals surface area (Å²) < 4.78 is 54.8. The second-order valence-corrected chi connectivity index (χ2v) is 13.3. The summed E-state index contributed by atoms with van der Waals surface area (Å²) in [4.78, 5) is 13.2. The van der Waals surface area contributed by atoms with E-state index in [1.54, 1.807) is 42.5 Å². The first-order chi connectivity index (χ1) is 18.2. The first kappa shape index (κ1) is 28.0. The molecule has 0 aliphatic carbocycles. The third kappa shape index (κ3) is 6.87. The van der Waals surface area contributed by atoms with Crippen LogP contribution in [0.25, 0.3) is 0 Å². The Morgan fingerprint density at radius 3 is 2.05 bits per heavy atom. The van der Waals surface area contributed by atoms with Crippen LogP contribution < -0.4 is 5.32 Å². The van der Waals surface area contributed by atoms with E-state index in [2.05, 4.69) is 5.32 Å². The van der Waals surface area contributed by atoms with E-state index < -0.39 is 26.0 Å². The third-order valence-electron chi connectivity index (χ3n) is 6.54. The molecule has 0 atom stereocenters. The minimum atomic E-state index is -3.90. The molecule has 1 amide bonds. The number of hydrogen-bond acceptors (Lipinski definition) is 5. The zero-order valence-corrected chi connectivity index (χ0v) is 23.0. The number of sulfonamides is 2. The molecule has 3 aromatic carbocycles. The maximum Gasteiger partial charge on any atom is 0.243 e. The van der Waals surface area contributed by atoms with Gasteiger partial charge in [-0.25, -0.2) is 16.8 Å². The maximum absolute atomic E-state index is 13.3. The van der Waals surface area contributed by atoms with E-state index in [4.69, 9.17) is 0 Å². The number of carbonyl (C=O) groups excluding carboxylic acids is 1. The fourth-order valence-corrected chi connectivity index (χ4v) is 7.26. The fraction of sp³-hybridized carbons (Fsp3) is 0.321. The van der Waals surface area contributed by atoms with Crippen LogP contribution in [-0.4, -0.2) is 57.5 Å². The van der Waals surface area contributed by atoms with Crippen LogP contribution in [-0.2, 0) is 37.8 Å². The highest BCUT2D eigenvalue weighted by Crippen LogP contribution is 2.21. The number of benzene rings is 3. The molecule has 1 N–H and O–H groups in total. The van der Waals surface area contributed by atoms with Crippen LogP contribution >= 0.6 is 0 Å². The predicted octanol–water partition coefficient (Wildman–Crippen LogP) is 3.33. The molecule has 1 fully saturated rings. The molecule has 0 spiro atoms. The Bertz CT molecular complexity index is 1430. The average Bonchev–Trinajstić information content (AvgIpc) is 3.47. The van der Waals surface area contributed by atoms with Crippen molar-refractivity contribution in [2.24, 2.45) is 0 Å². The minimum Gasteiger partial charge on any atom is -0.355 e. The molecule has 3 aromatic rings. The summed E-state index contributed by atoms with van der Waals surface area (Å²) in [7, 11) is -7.36. The van der Waals surface area contributed by atoms with Crippen molar-refractivity contribution in [2.75, 3.05) is 26.2 Å². The molecule has 202 valence electrons. The van der Waals surface area contributed by atoms with Crippen molar-refractivity contribution in [1.82, 2.24) is 13.9 Å². The van der Waals surface area contributed by atoms with Crippen LogP contribution in [0.3, 0.4) is 0 Å². The lowest BCUT2D eigenvalue weighted by Crippen LogP contribution is -2.40. The molecule has 0 saturated carbocycles. The van der Waals surface area contributed by atoms with Gasteiger partial charge in [0.25, 0.3) is 0 Å². The number of nitrogens with one attached hydrogen (secondary N) is 1. The summed E-state index contributed by atoms with van der Waals surface area (Å²) in [6.07, 6.45) is 2.25. The molecule has 0 aromatic heterocycles. The highest BCUT2D eigenvalue weighted by atomic mass is 32.2. The lowest BCUT2D eigenvalue weighted by Gasteiger charge is -2.22. The van der Waals surface area contributed by atoms with Gasteiger partial charge in [-0.1, -0.05) is 60.2 Å². The number of carbonyl (C=O) groups is 1. The van der Waals surface area contributed by atoms with E-state index in [-0.39, 0.29) is 22.9 Å². The molecule has 0 radical (unpaired) electrons. The summed E-state index contributed by atoms with van der Waals surface area (Å²) in [5.74, 6) is -0.412. The summed E-state index contributed by atoms with van der Waals surface area (Å²) in [5, 5.41) is 2.80. The Hall–Kier alpha value is -3.05. The van der Waals surface area contributed by atoms with Crippen molar-refractivity contribution in [2.45, 2.75) is 42.5 Å². The van der Waals surface area contributed by atoms with Gasteiger partial charge in [0, 0.05) is 26.2 Å². The molecule has 1 heterocycles. The fourth-order valence-electron chi connectivity index (χ4n) is 4.33. The monoisotopic (exact) mass is 555 g/mol. The van der Waals surface area contributed by atoms with Gasteiger partial charge >= 0.3 is 0 Å². The summed E-state index contributed by atoms with van der Waals surface area (Å²) >= 11 is 0. The molecule has 1 saturated heterocycles. The van der Waals surface area contributed by atoms with Gasteiger partial charge in [0.2, 0.25) is 26.0 Å². The van der Waals surface area contributed by atoms with Crippen molar-refractivity contribution >= 4 is 26.0 Å². The Morgan fingerprint density at radius 2 is 1.42 bits per heavy atom. The predicted molar refractivity (Wildman–Crippen MR) is 146 cm³/mol. The largest absolute Gasteiger partial charge is 0.355 e. The van der Waals surface area contributed by atoms with Crippen LogP contribution in [0.4, 0.5) is 0 Å². The van der Waals surface area contributed by atoms with E-state index in [0.717, 1.165) is 29.5 Å². The molecule has 10 heteroatoms. The highest BCUT2D eigenvalue weighted by molar-refractivity contribution is 7.89. The van der Waals surface area contributed by atoms with Gasteiger partial charge in [0.05, 0.1) is 16.3 Å². The first-order valence-corrected chi connectivity index (χ1v) is 15.5. The van der Waals surface area contributed by atoms with Crippen molar-refractivity contribution < 1.29 is 21.6 Å². The SMILES string of the molecule is Cc1ccc(CN(CC(=O)NCCc2ccc(S(=O)(=O)N3CCCC3)cc2)S(=O)(=O)c2ccccc2)cc1. The van der Waals surface area contributed by atoms with Crippen molar-refractivity contribution in [3.05, 3.63) is 95.6 Å². The maximum atomic E-state index is 13.3. The van der Waals surface area contributed by atoms with E-state index in [1.807, 2.05) is 31.2 Å². The smallest absolute Gasteiger partial charge is 0.243 e. The second kappa shape index (κ2) is 12.2. The van der Waals surface area contributed by atoms with Gasteiger partial charge < -0.3 is 5.32 Å². The number of hydrogen-bond donors (Lipinski definition) is 1. The Kier molecular flexibility index (Phi) is 8.99. The molecule has 1 aliphatic rings. The molecular weight excluding hydrogens is 522 g/mol. The zero-order chi connectivity index (χ0) is 27.2. The molecule has 0 unspecified atom stereocenters. The lowest BCUT2D eigenvalue weighted by atomic mass is 10.1. The standard InChI is InChI=1S/C28H33N3O5S2/c1-23-9-11-25(12-10-23)21-31(38(35,36)26-7-3-2-4-8-26)22-28(32)29-18-17-24-13-15-27(16-14-24)37(33,34)30-19-5-6-20-30/h2-4,7-16H,5-6,17-22H2,1H3,(H,29,32). The Balaban J connectivity index is 1.38. The lowest BCUT2D eigenvalue weighted by molar-refractivity contribution is -0.121. The average molecular weight is 556 g/mol. The van der Waals surface area contributed by atoms with Gasteiger partial charge in [0.15, 0.2) is 0 Å². The van der Waals surface area contributed by atoms with Crippen LogP contribution in [0.2, 0.25) is 0 Å². The van der Waals surface area contributed by atoms with Crippen LogP contribution in [0.5, 0.6) is 0 Å². The molecule has 8 nitrogen and oxygen atoms in total. The summed E-state index contributed by atoms with van der Waals surface area (Å²) in [6.45, 7) is 3.10. The van der Waals surface area contributed by atoms with Crippen LogP contribution in [0.15, 0.2) is 88.7 Å². The number of aryl methyl sites for hydroxylation is 1. The minimum absolute atomic E-state index is 0.0673. The van der Waals surface area contributed by atoms with Crippen molar-refractivity contribution in [3.8, 4) is 0 Å². The van der Waals surface area contributed by atoms with Crippen molar-refractivity contribution in [3.63, 3.8) is 0 Å². The van der Waals surface area contributed by atoms with E-state index >= 15 is 0 Å².